The Morgan fingerprint density at radius 2 is 1.75 bits per heavy atom. The van der Waals surface area contributed by atoms with Crippen molar-refractivity contribution < 1.29 is 4.79 Å². The van der Waals surface area contributed by atoms with Crippen LogP contribution in [0.3, 0.4) is 0 Å². The van der Waals surface area contributed by atoms with Crippen LogP contribution in [0.5, 0.6) is 0 Å². The number of thioether (sulfide) groups is 2. The highest BCUT2D eigenvalue weighted by molar-refractivity contribution is 8.03. The van der Waals surface area contributed by atoms with Crippen molar-refractivity contribution >= 4 is 35.1 Å². The van der Waals surface area contributed by atoms with Crippen LogP contribution in [0.2, 0.25) is 0 Å². The van der Waals surface area contributed by atoms with E-state index in [1.165, 1.54) is 0 Å². The number of hydrogen-bond acceptors (Lipinski definition) is 6. The molecule has 7 heteroatoms. The van der Waals surface area contributed by atoms with Crippen molar-refractivity contribution in [2.24, 2.45) is 5.18 Å². The lowest BCUT2D eigenvalue weighted by Gasteiger charge is -2.32. The smallest absolute Gasteiger partial charge is 0.232 e. The topological polar surface area (TPSA) is 53.0 Å². The van der Waals surface area contributed by atoms with Crippen molar-refractivity contribution in [1.29, 1.82) is 0 Å². The molecule has 0 N–H and O–H groups in total. The molecular formula is C17H25N3O2S2. The molecule has 5 nitrogen and oxygen atoms in total. The van der Waals surface area contributed by atoms with E-state index in [2.05, 4.69) is 17.1 Å². The minimum absolute atomic E-state index is 0.256. The minimum Gasteiger partial charge on any atom is -0.339 e. The lowest BCUT2D eigenvalue weighted by Crippen LogP contribution is -2.47. The Balaban J connectivity index is 1.68. The summed E-state index contributed by atoms with van der Waals surface area (Å²) in [4.78, 5) is 28.3. The molecule has 24 heavy (non-hydrogen) atoms. The summed E-state index contributed by atoms with van der Waals surface area (Å²) >= 11 is 3.46. The van der Waals surface area contributed by atoms with Gasteiger partial charge in [-0.25, -0.2) is 0 Å². The van der Waals surface area contributed by atoms with Crippen LogP contribution >= 0.6 is 23.5 Å². The number of likely N-dealkylation sites (N-methyl/N-ethyl adjacent to an activating group) is 1. The molecule has 1 fully saturated rings. The van der Waals surface area contributed by atoms with E-state index in [0.717, 1.165) is 53.7 Å². The number of nitroso groups, excluding NO2 is 1. The second kappa shape index (κ2) is 9.44. The Morgan fingerprint density at radius 3 is 2.33 bits per heavy atom. The standard InChI is InChI=1S/C17H25N3O2S2/c1-13-10-15(11-14(2)17(13)18-22)24-9-8-23-12-16(21)20-6-4-19(3)5-7-20/h10-11H,4-9,12H2,1-3H3. The Bertz CT molecular complexity index is 564. The molecule has 1 saturated heterocycles. The molecule has 2 rings (SSSR count). The van der Waals surface area contributed by atoms with Gasteiger partial charge in [-0.05, 0) is 49.3 Å². The predicted octanol–water partition coefficient (Wildman–Crippen LogP) is 3.30. The molecule has 0 aromatic heterocycles. The average molecular weight is 368 g/mol. The molecule has 1 aliphatic heterocycles. The molecule has 1 aromatic carbocycles. The van der Waals surface area contributed by atoms with Crippen molar-refractivity contribution in [3.63, 3.8) is 0 Å². The van der Waals surface area contributed by atoms with Gasteiger partial charge in [0.25, 0.3) is 0 Å². The Morgan fingerprint density at radius 1 is 1.12 bits per heavy atom. The predicted molar refractivity (Wildman–Crippen MR) is 103 cm³/mol. The highest BCUT2D eigenvalue weighted by atomic mass is 32.2. The first kappa shape index (κ1) is 19.3. The lowest BCUT2D eigenvalue weighted by atomic mass is 10.1. The van der Waals surface area contributed by atoms with Crippen LogP contribution in [0.1, 0.15) is 11.1 Å². The molecule has 0 spiro atoms. The number of carbonyl (C=O) groups is 1. The first-order chi connectivity index (χ1) is 11.5. The van der Waals surface area contributed by atoms with E-state index in [0.29, 0.717) is 11.4 Å². The van der Waals surface area contributed by atoms with Crippen LogP contribution in [-0.4, -0.2) is 66.2 Å². The summed E-state index contributed by atoms with van der Waals surface area (Å²) in [6.07, 6.45) is 0. The minimum atomic E-state index is 0.256. The van der Waals surface area contributed by atoms with E-state index >= 15 is 0 Å². The highest BCUT2D eigenvalue weighted by Crippen LogP contribution is 2.30. The van der Waals surface area contributed by atoms with Gasteiger partial charge in [-0.15, -0.1) is 16.7 Å². The van der Waals surface area contributed by atoms with Crippen LogP contribution in [0.25, 0.3) is 0 Å². The maximum Gasteiger partial charge on any atom is 0.232 e. The fraction of sp³-hybridized carbons (Fsp3) is 0.588. The maximum absolute atomic E-state index is 12.1. The second-order valence-corrected chi connectivity index (χ2v) is 8.36. The zero-order valence-corrected chi connectivity index (χ0v) is 16.2. The van der Waals surface area contributed by atoms with Gasteiger partial charge in [-0.2, -0.15) is 11.8 Å². The van der Waals surface area contributed by atoms with Crippen molar-refractivity contribution in [3.05, 3.63) is 28.2 Å². The van der Waals surface area contributed by atoms with Gasteiger partial charge < -0.3 is 9.80 Å². The number of carbonyl (C=O) groups excluding carboxylic acids is 1. The summed E-state index contributed by atoms with van der Waals surface area (Å²) in [5.74, 6) is 2.71. The third-order valence-electron chi connectivity index (χ3n) is 4.13. The number of piperazine rings is 1. The molecule has 1 amide bonds. The van der Waals surface area contributed by atoms with Crippen LogP contribution in [-0.2, 0) is 4.79 Å². The van der Waals surface area contributed by atoms with Crippen LogP contribution in [0.4, 0.5) is 5.69 Å². The van der Waals surface area contributed by atoms with Gasteiger partial charge in [0.1, 0.15) is 5.69 Å². The van der Waals surface area contributed by atoms with E-state index in [9.17, 15) is 9.70 Å². The van der Waals surface area contributed by atoms with Crippen molar-refractivity contribution in [1.82, 2.24) is 9.80 Å². The summed E-state index contributed by atoms with van der Waals surface area (Å²) in [7, 11) is 2.09. The monoisotopic (exact) mass is 367 g/mol. The molecule has 0 bridgehead atoms. The molecular weight excluding hydrogens is 342 g/mol. The molecule has 0 radical (unpaired) electrons. The summed E-state index contributed by atoms with van der Waals surface area (Å²) < 4.78 is 0. The van der Waals surface area contributed by atoms with Crippen LogP contribution < -0.4 is 0 Å². The van der Waals surface area contributed by atoms with E-state index in [-0.39, 0.29) is 5.91 Å². The van der Waals surface area contributed by atoms with Crippen LogP contribution in [0.15, 0.2) is 22.2 Å². The third kappa shape index (κ3) is 5.50. The number of nitrogens with zero attached hydrogens (tertiary/aromatic N) is 3. The fourth-order valence-corrected chi connectivity index (χ4v) is 4.73. The summed E-state index contributed by atoms with van der Waals surface area (Å²) in [5.41, 5.74) is 2.39. The number of benzene rings is 1. The largest absolute Gasteiger partial charge is 0.339 e. The van der Waals surface area contributed by atoms with Crippen LogP contribution in [0, 0.1) is 18.8 Å². The van der Waals surface area contributed by atoms with E-state index in [4.69, 9.17) is 0 Å². The zero-order chi connectivity index (χ0) is 17.5. The van der Waals surface area contributed by atoms with Gasteiger partial charge in [-0.3, -0.25) is 4.79 Å². The first-order valence-electron chi connectivity index (χ1n) is 8.12. The Labute approximate surface area is 152 Å². The molecule has 0 atom stereocenters. The molecule has 1 aliphatic rings. The van der Waals surface area contributed by atoms with Gasteiger partial charge in [0.05, 0.1) is 5.75 Å². The summed E-state index contributed by atoms with van der Waals surface area (Å²) in [5, 5.41) is 3.08. The number of amides is 1. The van der Waals surface area contributed by atoms with Crippen molar-refractivity contribution in [3.8, 4) is 0 Å². The molecule has 0 saturated carbocycles. The maximum atomic E-state index is 12.1. The van der Waals surface area contributed by atoms with Gasteiger partial charge in [-0.1, -0.05) is 0 Å². The van der Waals surface area contributed by atoms with E-state index in [1.807, 2.05) is 30.9 Å². The molecule has 132 valence electrons. The first-order valence-corrected chi connectivity index (χ1v) is 10.3. The summed E-state index contributed by atoms with van der Waals surface area (Å²) in [6.45, 7) is 7.46. The number of rotatable bonds is 7. The van der Waals surface area contributed by atoms with Gasteiger partial charge >= 0.3 is 0 Å². The van der Waals surface area contributed by atoms with Gasteiger partial charge in [0.2, 0.25) is 5.91 Å². The highest BCUT2D eigenvalue weighted by Gasteiger charge is 2.18. The lowest BCUT2D eigenvalue weighted by molar-refractivity contribution is -0.129. The van der Waals surface area contributed by atoms with Crippen molar-refractivity contribution in [2.45, 2.75) is 18.7 Å². The second-order valence-electron chi connectivity index (χ2n) is 6.08. The quantitative estimate of drug-likeness (QED) is 0.420. The SMILES string of the molecule is Cc1cc(SCCSCC(=O)N2CCN(C)CC2)cc(C)c1N=O. The van der Waals surface area contributed by atoms with Crippen molar-refractivity contribution in [2.75, 3.05) is 50.5 Å². The Kier molecular flexibility index (Phi) is 7.58. The van der Waals surface area contributed by atoms with Gasteiger partial charge in [0, 0.05) is 42.6 Å². The normalized spacial score (nSPS) is 15.5. The molecule has 0 unspecified atom stereocenters. The van der Waals surface area contributed by atoms with E-state index in [1.54, 1.807) is 23.5 Å². The average Bonchev–Trinajstić information content (AvgIpc) is 2.55. The third-order valence-corrected chi connectivity index (χ3v) is 6.31. The molecule has 0 aliphatic carbocycles. The van der Waals surface area contributed by atoms with Gasteiger partial charge in [0.15, 0.2) is 0 Å². The zero-order valence-electron chi connectivity index (χ0n) is 14.6. The fourth-order valence-electron chi connectivity index (χ4n) is 2.67. The number of hydrogen-bond donors (Lipinski definition) is 0. The molecule has 1 heterocycles. The van der Waals surface area contributed by atoms with E-state index < -0.39 is 0 Å². The summed E-state index contributed by atoms with van der Waals surface area (Å²) in [6, 6.07) is 4.02. The Hall–Kier alpha value is -1.05. The molecule has 1 aromatic rings. The number of aryl methyl sites for hydroxylation is 2.